The molecule has 0 aliphatic carbocycles. The molecule has 12 nitrogen and oxygen atoms in total. The Balaban J connectivity index is 0.000000158. The van der Waals surface area contributed by atoms with Crippen LogP contribution in [0.15, 0.2) is 457 Å². The van der Waals surface area contributed by atoms with Crippen molar-refractivity contribution in [3.05, 3.63) is 495 Å². The molecule has 3 aliphatic rings. The van der Waals surface area contributed by atoms with Crippen molar-refractivity contribution in [2.75, 3.05) is 0 Å². The van der Waals surface area contributed by atoms with Crippen LogP contribution in [0, 0.1) is 20.8 Å². The van der Waals surface area contributed by atoms with Crippen molar-refractivity contribution in [2.45, 2.75) is 149 Å². The normalized spacial score (nSPS) is 14.3. The number of benzene rings is 14. The number of aryl methyl sites for hydroxylation is 3. The molecule has 3 fully saturated rings. The van der Waals surface area contributed by atoms with Crippen molar-refractivity contribution >= 4 is 205 Å². The number of halogens is 4. The fourth-order valence-corrected chi connectivity index (χ4v) is 26.1. The average Bonchev–Trinajstić information content (AvgIpc) is 1.60. The van der Waals surface area contributed by atoms with E-state index >= 15 is 0 Å². The minimum Gasteiger partial charge on any atom is -0.459 e. The van der Waals surface area contributed by atoms with Gasteiger partial charge in [-0.25, -0.2) is 0 Å². The van der Waals surface area contributed by atoms with Gasteiger partial charge in [0.1, 0.15) is 17.3 Å². The number of alkyl halides is 1. The predicted molar refractivity (Wildman–Crippen MR) is 626 cm³/mol. The topological polar surface area (TPSA) is 146 Å². The van der Waals surface area contributed by atoms with Crippen molar-refractivity contribution in [1.82, 2.24) is 0 Å². The summed E-state index contributed by atoms with van der Waals surface area (Å²) < 4.78 is 54.2. The molecule has 0 N–H and O–H groups in total. The van der Waals surface area contributed by atoms with Gasteiger partial charge in [0, 0.05) is 52.6 Å². The van der Waals surface area contributed by atoms with Crippen LogP contribution in [0.5, 0.6) is 0 Å². The van der Waals surface area contributed by atoms with Crippen LogP contribution in [-0.4, -0.2) is 73.6 Å². The Labute approximate surface area is 916 Å². The molecule has 0 saturated carbocycles. The van der Waals surface area contributed by atoms with E-state index in [1.165, 1.54) is 74.8 Å². The van der Waals surface area contributed by atoms with E-state index in [-0.39, 0.29) is 54.0 Å². The summed E-state index contributed by atoms with van der Waals surface area (Å²) in [7, 11) is -3.21. The van der Waals surface area contributed by atoms with Gasteiger partial charge in [0.2, 0.25) is 0 Å². The van der Waals surface area contributed by atoms with E-state index < -0.39 is 52.8 Å². The summed E-state index contributed by atoms with van der Waals surface area (Å²) in [4.78, 5) is 31.3. The fraction of sp³-hybridized carbons (Fsp3) is 0.189. The molecule has 0 amide bonds. The molecule has 0 bridgehead atoms. The van der Waals surface area contributed by atoms with Crippen LogP contribution in [-0.2, 0) is 60.1 Å². The molecule has 20 rings (SSSR count). The molecular weight excluding hydrogens is 2240 g/mol. The monoisotopic (exact) mass is 2360 g/mol. The minimum absolute atomic E-state index is 0. The Morgan fingerprint density at radius 1 is 0.253 bits per heavy atom. The van der Waals surface area contributed by atoms with E-state index in [0.717, 1.165) is 54.0 Å². The first-order chi connectivity index (χ1) is 69.7. The molecule has 0 radical (unpaired) electrons. The van der Waals surface area contributed by atoms with E-state index in [2.05, 4.69) is 452 Å². The number of aldehydes is 3. The number of furan rings is 3. The van der Waals surface area contributed by atoms with E-state index in [9.17, 15) is 14.4 Å². The zero-order valence-electron chi connectivity index (χ0n) is 84.9. The maximum atomic E-state index is 10.7. The molecule has 750 valence electrons. The van der Waals surface area contributed by atoms with Crippen molar-refractivity contribution < 1.29 is 76.0 Å². The molecule has 0 atom stereocenters. The summed E-state index contributed by atoms with van der Waals surface area (Å²) in [6.07, 6.45) is 2.87. The van der Waals surface area contributed by atoms with Gasteiger partial charge < -0.3 is 41.2 Å². The van der Waals surface area contributed by atoms with Gasteiger partial charge in [-0.15, -0.1) is 0 Å². The quantitative estimate of drug-likeness (QED) is 0.0310. The molecule has 0 spiro atoms. The molecule has 146 heavy (non-hydrogen) atoms. The zero-order chi connectivity index (χ0) is 104. The van der Waals surface area contributed by atoms with Gasteiger partial charge in [0.05, 0.1) is 38.1 Å². The molecule has 3 saturated heterocycles. The third-order valence-corrected chi connectivity index (χ3v) is 37.2. The molecule has 14 aromatic carbocycles. The van der Waals surface area contributed by atoms with Gasteiger partial charge in [-0.05, 0) is 268 Å². The molecule has 24 heteroatoms. The summed E-state index contributed by atoms with van der Waals surface area (Å²) in [6.45, 7) is 29.6. The maximum absolute atomic E-state index is 10.7. The molecule has 6 heterocycles. The first-order valence-electron chi connectivity index (χ1n) is 47.9. The Hall–Kier alpha value is -9.81. The van der Waals surface area contributed by atoms with E-state index in [4.69, 9.17) is 41.2 Å². The predicted octanol–water partition coefficient (Wildman–Crippen LogP) is 27.0. The van der Waals surface area contributed by atoms with Gasteiger partial charge in [-0.2, -0.15) is 0 Å². The zero-order valence-corrected chi connectivity index (χ0v) is 96.4. The summed E-state index contributed by atoms with van der Waals surface area (Å²) in [5.41, 5.74) is 2.11. The minimum atomic E-state index is -0.476. The molecular formula is C122H123B3Br4O12P4Pd. The van der Waals surface area contributed by atoms with Gasteiger partial charge in [0.25, 0.3) is 0 Å². The SMILES string of the molecule is BrCc1cccc(Br)c1.CC1(C)OB(B2OC(C)(C)C(C)(C)O2)OC1(C)C.Cc1oc(C=O)cc1B1OC(C)(C)C(C)(C)O1.Cc1oc(C=O)cc1Br.Cc1oc(C=O)cc1Cc1cccc(Br)c1.[Pd].c1ccc(P(c2ccccc2)c2ccccc2)cc1.c1ccc(P(c2ccccc2)c2ccccc2)cc1.c1ccc(P(c2ccccc2)c2ccccc2)cc1.c1ccc(P(c2ccccc2)c2ccccc2)cc1. The maximum Gasteiger partial charge on any atom is 0.498 e. The molecule has 17 aromatic rings. The average molecular weight is 2360 g/mol. The van der Waals surface area contributed by atoms with E-state index in [1.807, 2.05) is 114 Å². The third-order valence-electron chi connectivity index (χ3n) is 25.0. The van der Waals surface area contributed by atoms with Crippen molar-refractivity contribution in [2.24, 2.45) is 0 Å². The molecule has 0 unspecified atom stereocenters. The van der Waals surface area contributed by atoms with Gasteiger partial charge in [0.15, 0.2) is 36.1 Å². The number of hydrogen-bond acceptors (Lipinski definition) is 12. The van der Waals surface area contributed by atoms with E-state index in [1.54, 1.807) is 32.0 Å². The van der Waals surface area contributed by atoms with E-state index in [0.29, 0.717) is 35.6 Å². The van der Waals surface area contributed by atoms with Crippen LogP contribution in [0.25, 0.3) is 0 Å². The van der Waals surface area contributed by atoms with Crippen LogP contribution in [0.1, 0.15) is 149 Å². The summed E-state index contributed by atoms with van der Waals surface area (Å²) >= 11 is 13.4. The number of carbonyl (C=O) groups excluding carboxylic acids is 3. The van der Waals surface area contributed by atoms with Crippen LogP contribution >= 0.6 is 95.4 Å². The summed E-state index contributed by atoms with van der Waals surface area (Å²) in [6, 6.07) is 151. The number of rotatable bonds is 20. The number of carbonyl (C=O) groups is 3. The standard InChI is InChI=1S/4C18H15P.C13H11BrO2.C12H24B2O4.C12H17BO4.C7H6Br2.C6H5BrO2.Pd/c4*1-4-10-16(11-5-1)19(17-12-6-2-7-13-17)18-14-8-3-9-15-18;1-9-11(7-13(8-15)16-9)5-10-3-2-4-12(14)6-10;1-9(2)10(3,4)16-13(15-9)14-17-11(5,6)12(7,8)18-14;1-8-10(6-9(7-14)15-8)13-16-11(2,3)12(4,5)17-13;8-5-6-2-1-3-7(9)4-6;1-4-6(7)2-5(3-8)9-4;/h4*1-15H;2-4,6-8H,5H2,1H3;1-8H3;6-7H,1-5H3;1-4H,5H2;2-3H,1H3;. The van der Waals surface area contributed by atoms with Crippen LogP contribution in [0.2, 0.25) is 0 Å². The third kappa shape index (κ3) is 33.3. The second-order valence-corrected chi connectivity index (χ2v) is 49.2. The number of hydrogen-bond donors (Lipinski definition) is 0. The summed E-state index contributed by atoms with van der Waals surface area (Å²) in [5.74, 6) is 3.25. The fourth-order valence-electron chi connectivity index (χ4n) is 15.3. The Morgan fingerprint density at radius 3 is 0.664 bits per heavy atom. The second kappa shape index (κ2) is 56.7. The van der Waals surface area contributed by atoms with Crippen LogP contribution in [0.4, 0.5) is 0 Å². The second-order valence-electron chi connectivity index (χ2n) is 37.1. The Kier molecular flexibility index (Phi) is 45.2. The smallest absolute Gasteiger partial charge is 0.459 e. The van der Waals surface area contributed by atoms with Crippen molar-refractivity contribution in [3.8, 4) is 0 Å². The molecule has 3 aliphatic heterocycles. The Bertz CT molecular complexity index is 5830. The van der Waals surface area contributed by atoms with Gasteiger partial charge in [-0.3, -0.25) is 14.4 Å². The van der Waals surface area contributed by atoms with Crippen molar-refractivity contribution in [1.29, 1.82) is 0 Å². The summed E-state index contributed by atoms with van der Waals surface area (Å²) in [5, 5.41) is 17.7. The Morgan fingerprint density at radius 2 is 0.466 bits per heavy atom. The molecule has 3 aromatic heterocycles. The van der Waals surface area contributed by atoms with Crippen LogP contribution < -0.4 is 69.1 Å². The van der Waals surface area contributed by atoms with Gasteiger partial charge in [-0.1, -0.05) is 436 Å². The van der Waals surface area contributed by atoms with Crippen LogP contribution in [0.3, 0.4) is 0 Å². The van der Waals surface area contributed by atoms with Gasteiger partial charge >= 0.3 is 21.1 Å². The van der Waals surface area contributed by atoms with Crippen molar-refractivity contribution in [3.63, 3.8) is 0 Å². The first kappa shape index (κ1) is 116. The first-order valence-corrected chi connectivity index (χ1v) is 56.8. The largest absolute Gasteiger partial charge is 0.498 e.